The Hall–Kier alpha value is -3.39. The molecule has 1 aromatic carbocycles. The number of carbonyl (C=O) groups excluding carboxylic acids is 4. The van der Waals surface area contributed by atoms with E-state index < -0.39 is 47.4 Å². The van der Waals surface area contributed by atoms with Crippen LogP contribution in [0.1, 0.15) is 96.7 Å². The van der Waals surface area contributed by atoms with Crippen LogP contribution in [-0.2, 0) is 36.8 Å². The van der Waals surface area contributed by atoms with Crippen molar-refractivity contribution in [2.75, 3.05) is 32.8 Å². The summed E-state index contributed by atoms with van der Waals surface area (Å²) in [6.45, 7) is 9.50. The first-order chi connectivity index (χ1) is 25.8. The van der Waals surface area contributed by atoms with Crippen LogP contribution < -0.4 is 16.0 Å². The Bertz CT molecular complexity index is 1440. The molecule has 0 bridgehead atoms. The van der Waals surface area contributed by atoms with Gasteiger partial charge in [-0.05, 0) is 50.5 Å². The zero-order chi connectivity index (χ0) is 39.1. The maximum absolute atomic E-state index is 14.4. The Kier molecular flexibility index (Phi) is 17.4. The number of nitrogens with zero attached hydrogens (tertiary/aromatic N) is 2. The highest BCUT2D eigenvalue weighted by atomic mass is 32.1. The third kappa shape index (κ3) is 14.0. The summed E-state index contributed by atoms with van der Waals surface area (Å²) in [7, 11) is 0. The molecule has 1 aromatic heterocycles. The van der Waals surface area contributed by atoms with Crippen molar-refractivity contribution in [3.05, 3.63) is 52.5 Å². The highest BCUT2D eigenvalue weighted by Gasteiger charge is 2.39. The van der Waals surface area contributed by atoms with Gasteiger partial charge in [0, 0.05) is 37.9 Å². The van der Waals surface area contributed by atoms with E-state index >= 15 is 0 Å². The second kappa shape index (κ2) is 21.6. The molecule has 0 unspecified atom stereocenters. The highest BCUT2D eigenvalue weighted by Crippen LogP contribution is 2.30. The molecule has 2 fully saturated rings. The van der Waals surface area contributed by atoms with Crippen molar-refractivity contribution in [2.24, 2.45) is 23.7 Å². The molecule has 54 heavy (non-hydrogen) atoms. The molecule has 0 radical (unpaired) electrons. The minimum absolute atomic E-state index is 0.0216. The quantitative estimate of drug-likeness (QED) is 0.135. The van der Waals surface area contributed by atoms with Crippen molar-refractivity contribution in [3.8, 4) is 0 Å². The van der Waals surface area contributed by atoms with Crippen LogP contribution >= 0.6 is 11.3 Å². The third-order valence-electron chi connectivity index (χ3n) is 11.1. The van der Waals surface area contributed by atoms with Crippen molar-refractivity contribution in [2.45, 2.75) is 122 Å². The fourth-order valence-corrected chi connectivity index (χ4v) is 7.97. The largest absolute Gasteiger partial charge is 0.391 e. The van der Waals surface area contributed by atoms with Gasteiger partial charge in [-0.15, -0.1) is 11.3 Å². The number of amides is 4. The number of ether oxygens (including phenoxy) is 1. The first-order valence-corrected chi connectivity index (χ1v) is 20.8. The van der Waals surface area contributed by atoms with Crippen molar-refractivity contribution >= 4 is 35.0 Å². The molecular formula is C41H63N5O7S. The van der Waals surface area contributed by atoms with E-state index in [1.165, 1.54) is 11.3 Å². The van der Waals surface area contributed by atoms with Crippen LogP contribution in [0.3, 0.4) is 0 Å². The number of aliphatic hydroxyl groups is 2. The van der Waals surface area contributed by atoms with Gasteiger partial charge in [-0.2, -0.15) is 0 Å². The van der Waals surface area contributed by atoms with Crippen LogP contribution in [0.25, 0.3) is 0 Å². The summed E-state index contributed by atoms with van der Waals surface area (Å²) < 4.78 is 5.42. The molecule has 1 saturated carbocycles. The van der Waals surface area contributed by atoms with E-state index in [0.29, 0.717) is 51.4 Å². The topological polar surface area (TPSA) is 170 Å². The van der Waals surface area contributed by atoms with Gasteiger partial charge in [0.1, 0.15) is 6.04 Å². The average molecular weight is 770 g/mol. The van der Waals surface area contributed by atoms with Crippen LogP contribution in [0, 0.1) is 23.7 Å². The zero-order valence-corrected chi connectivity index (χ0v) is 33.5. The summed E-state index contributed by atoms with van der Waals surface area (Å²) >= 11 is 1.39. The lowest BCUT2D eigenvalue weighted by Gasteiger charge is -2.35. The molecule has 5 N–H and O–H groups in total. The molecule has 300 valence electrons. The summed E-state index contributed by atoms with van der Waals surface area (Å²) in [6, 6.07) is 7.74. The number of hydrogen-bond acceptors (Lipinski definition) is 9. The third-order valence-corrected chi connectivity index (χ3v) is 11.7. The van der Waals surface area contributed by atoms with Crippen molar-refractivity contribution in [1.29, 1.82) is 0 Å². The maximum atomic E-state index is 14.4. The molecular weight excluding hydrogens is 707 g/mol. The number of thiazole rings is 1. The van der Waals surface area contributed by atoms with Crippen LogP contribution in [-0.4, -0.2) is 100 Å². The Balaban J connectivity index is 1.56. The molecule has 2 heterocycles. The zero-order valence-electron chi connectivity index (χ0n) is 32.6. The molecule has 2 aromatic rings. The highest BCUT2D eigenvalue weighted by molar-refractivity contribution is 7.07. The smallest absolute Gasteiger partial charge is 0.243 e. The fraction of sp³-hybridized carbons (Fsp3) is 0.683. The maximum Gasteiger partial charge on any atom is 0.243 e. The number of rotatable bonds is 20. The van der Waals surface area contributed by atoms with Crippen molar-refractivity contribution < 1.29 is 34.1 Å². The Morgan fingerprint density at radius 2 is 1.70 bits per heavy atom. The number of morpholine rings is 1. The van der Waals surface area contributed by atoms with Gasteiger partial charge in [0.2, 0.25) is 23.6 Å². The molecule has 4 rings (SSSR count). The molecule has 2 aliphatic rings. The molecule has 0 spiro atoms. The van der Waals surface area contributed by atoms with Crippen LogP contribution in [0.5, 0.6) is 0 Å². The molecule has 1 aliphatic heterocycles. The van der Waals surface area contributed by atoms with Gasteiger partial charge < -0.3 is 35.8 Å². The number of aliphatic hydroxyl groups excluding tert-OH is 1. The lowest BCUT2D eigenvalue weighted by Crippen LogP contribution is -2.56. The van der Waals surface area contributed by atoms with Crippen LogP contribution in [0.15, 0.2) is 41.2 Å². The minimum atomic E-state index is -1.42. The van der Waals surface area contributed by atoms with E-state index in [-0.39, 0.29) is 42.9 Å². The van der Waals surface area contributed by atoms with Gasteiger partial charge in [0.05, 0.1) is 54.0 Å². The normalized spacial score (nSPS) is 18.8. The summed E-state index contributed by atoms with van der Waals surface area (Å²) in [5.41, 5.74) is 1.78. The summed E-state index contributed by atoms with van der Waals surface area (Å²) in [6.07, 6.45) is 5.83. The predicted molar refractivity (Wildman–Crippen MR) is 209 cm³/mol. The number of hydrogen-bond donors (Lipinski definition) is 5. The lowest BCUT2D eigenvalue weighted by molar-refractivity contribution is -0.140. The van der Waals surface area contributed by atoms with Crippen LogP contribution in [0.2, 0.25) is 0 Å². The van der Waals surface area contributed by atoms with E-state index in [9.17, 15) is 29.4 Å². The van der Waals surface area contributed by atoms with Gasteiger partial charge in [-0.25, -0.2) is 4.98 Å². The number of aromatic nitrogens is 1. The number of nitrogens with one attached hydrogen (secondary N) is 3. The van der Waals surface area contributed by atoms with E-state index in [4.69, 9.17) is 4.74 Å². The molecule has 13 heteroatoms. The van der Waals surface area contributed by atoms with Gasteiger partial charge in [0.15, 0.2) is 0 Å². The molecule has 4 amide bonds. The Morgan fingerprint density at radius 1 is 1.00 bits per heavy atom. The van der Waals surface area contributed by atoms with E-state index in [1.54, 1.807) is 24.3 Å². The predicted octanol–water partition coefficient (Wildman–Crippen LogP) is 4.03. The van der Waals surface area contributed by atoms with Crippen molar-refractivity contribution in [3.63, 3.8) is 0 Å². The summed E-state index contributed by atoms with van der Waals surface area (Å²) in [4.78, 5) is 61.5. The Morgan fingerprint density at radius 3 is 2.33 bits per heavy atom. The van der Waals surface area contributed by atoms with E-state index in [2.05, 4.69) is 20.9 Å². The Labute approximate surface area is 325 Å². The fourth-order valence-electron chi connectivity index (χ4n) is 7.40. The van der Waals surface area contributed by atoms with E-state index in [0.717, 1.165) is 44.1 Å². The summed E-state index contributed by atoms with van der Waals surface area (Å²) in [5, 5.41) is 33.8. The standard InChI is InChI=1S/C41H63N5O7S/c1-5-28(2)25-42-39(50)33(41(3,4)52)24-36(47)34(21-30-14-10-7-11-15-30)44-40(51)35(23-32-26-54-27-43-32)45-38(49)31(20-29-12-8-6-9-13-29)22-37(48)46-16-18-53-19-17-46/h6,8-9,12-13,26-28,30-31,33-36,47,52H,5,7,10-11,14-25H2,1-4H3,(H,42,50)(H,44,51)(H,45,49)/t28-,31+,33+,34-,35-,36-/m0/s1. The second-order valence-electron chi connectivity index (χ2n) is 16.0. The van der Waals surface area contributed by atoms with Gasteiger partial charge in [-0.3, -0.25) is 19.2 Å². The van der Waals surface area contributed by atoms with E-state index in [1.807, 2.05) is 49.6 Å². The van der Waals surface area contributed by atoms with Gasteiger partial charge in [0.25, 0.3) is 0 Å². The SMILES string of the molecule is CC[C@H](C)CNC(=O)[C@@H](C[C@H](O)[C@H](CC1CCCCC1)NC(=O)[C@H](Cc1cscn1)NC(=O)[C@@H](CC(=O)N1CCOCC1)Cc1ccccc1)C(C)(C)O. The second-order valence-corrected chi connectivity index (χ2v) is 16.7. The average Bonchev–Trinajstić information content (AvgIpc) is 3.68. The van der Waals surface area contributed by atoms with Gasteiger partial charge in [-0.1, -0.05) is 82.7 Å². The first-order valence-electron chi connectivity index (χ1n) is 19.9. The van der Waals surface area contributed by atoms with Crippen molar-refractivity contribution in [1.82, 2.24) is 25.8 Å². The molecule has 1 saturated heterocycles. The summed E-state index contributed by atoms with van der Waals surface area (Å²) in [5.74, 6) is -2.50. The minimum Gasteiger partial charge on any atom is -0.391 e. The number of benzene rings is 1. The monoisotopic (exact) mass is 769 g/mol. The lowest BCUT2D eigenvalue weighted by atomic mass is 9.80. The van der Waals surface area contributed by atoms with Gasteiger partial charge >= 0.3 is 0 Å². The first kappa shape index (κ1) is 43.3. The molecule has 6 atom stereocenters. The number of carbonyl (C=O) groups is 4. The van der Waals surface area contributed by atoms with Crippen LogP contribution in [0.4, 0.5) is 0 Å². The molecule has 12 nitrogen and oxygen atoms in total. The molecule has 1 aliphatic carbocycles.